The van der Waals surface area contributed by atoms with E-state index in [1.54, 1.807) is 13.0 Å². The normalized spacial score (nSPS) is 11.3. The lowest BCUT2D eigenvalue weighted by Crippen LogP contribution is -2.27. The Hall–Kier alpha value is -1.41. The average Bonchev–Trinajstić information content (AvgIpc) is 2.27. The fraction of sp³-hybridized carbons (Fsp3) is 0.600. The second-order valence-electron chi connectivity index (χ2n) is 3.65. The van der Waals surface area contributed by atoms with Crippen LogP contribution in [0.25, 0.3) is 0 Å². The molecule has 1 aromatic rings. The van der Waals surface area contributed by atoms with Crippen molar-refractivity contribution in [3.63, 3.8) is 0 Å². The first-order valence-electron chi connectivity index (χ1n) is 5.57. The Morgan fingerprint density at radius 2 is 2.11 bits per heavy atom. The molecule has 0 aliphatic carbocycles. The highest BCUT2D eigenvalue weighted by Crippen LogP contribution is 2.12. The fourth-order valence-corrected chi connectivity index (χ4v) is 2.15. The Labute approximate surface area is 107 Å². The number of anilines is 1. The summed E-state index contributed by atoms with van der Waals surface area (Å²) in [6.07, 6.45) is 0. The van der Waals surface area contributed by atoms with E-state index in [4.69, 9.17) is 4.74 Å². The molecule has 0 bridgehead atoms. The number of ether oxygens (including phenoxy) is 1. The van der Waals surface area contributed by atoms with Crippen molar-refractivity contribution in [1.29, 1.82) is 0 Å². The van der Waals surface area contributed by atoms with Crippen LogP contribution >= 0.6 is 0 Å². The van der Waals surface area contributed by atoms with Crippen LogP contribution in [0.2, 0.25) is 0 Å². The molecule has 0 aromatic carbocycles. The molecule has 2 N–H and O–H groups in total. The van der Waals surface area contributed by atoms with Crippen molar-refractivity contribution in [3.8, 4) is 5.88 Å². The van der Waals surface area contributed by atoms with Crippen LogP contribution < -0.4 is 14.8 Å². The molecular formula is C10H18N4O3S. The summed E-state index contributed by atoms with van der Waals surface area (Å²) in [6, 6.07) is 1.62. The summed E-state index contributed by atoms with van der Waals surface area (Å²) < 4.78 is 30.7. The summed E-state index contributed by atoms with van der Waals surface area (Å²) in [5.74, 6) is 0.329. The van der Waals surface area contributed by atoms with E-state index < -0.39 is 10.0 Å². The van der Waals surface area contributed by atoms with E-state index in [1.807, 2.05) is 6.92 Å². The number of aryl methyl sites for hydroxylation is 1. The molecule has 0 saturated carbocycles. The van der Waals surface area contributed by atoms with Crippen molar-refractivity contribution in [1.82, 2.24) is 15.3 Å². The van der Waals surface area contributed by atoms with Gasteiger partial charge < -0.3 is 10.1 Å². The number of hydrogen-bond donors (Lipinski definition) is 2. The van der Waals surface area contributed by atoms with E-state index in [1.165, 1.54) is 7.11 Å². The summed E-state index contributed by atoms with van der Waals surface area (Å²) in [4.78, 5) is 7.91. The minimum Gasteiger partial charge on any atom is -0.481 e. The number of sulfonamides is 1. The highest BCUT2D eigenvalue weighted by Gasteiger charge is 2.12. The van der Waals surface area contributed by atoms with Gasteiger partial charge in [0, 0.05) is 18.3 Å². The molecule has 0 amide bonds. The first-order chi connectivity index (χ1) is 8.46. The van der Waals surface area contributed by atoms with Crippen molar-refractivity contribution in [3.05, 3.63) is 11.8 Å². The fourth-order valence-electron chi connectivity index (χ4n) is 1.26. The molecule has 8 heteroatoms. The topological polar surface area (TPSA) is 93.2 Å². The average molecular weight is 274 g/mol. The van der Waals surface area contributed by atoms with Crippen molar-refractivity contribution in [2.45, 2.75) is 13.8 Å². The number of methoxy groups -OCH3 is 1. The zero-order valence-electron chi connectivity index (χ0n) is 10.7. The summed E-state index contributed by atoms with van der Waals surface area (Å²) in [6.45, 7) is 4.76. The molecule has 0 aliphatic heterocycles. The van der Waals surface area contributed by atoms with Crippen molar-refractivity contribution < 1.29 is 13.2 Å². The van der Waals surface area contributed by atoms with Gasteiger partial charge in [-0.15, -0.1) is 0 Å². The van der Waals surface area contributed by atoms with Gasteiger partial charge >= 0.3 is 0 Å². The van der Waals surface area contributed by atoms with E-state index >= 15 is 0 Å². The van der Waals surface area contributed by atoms with E-state index in [0.29, 0.717) is 18.1 Å². The number of hydrogen-bond acceptors (Lipinski definition) is 6. The quantitative estimate of drug-likeness (QED) is 0.687. The van der Waals surface area contributed by atoms with Gasteiger partial charge in [-0.1, -0.05) is 6.92 Å². The van der Waals surface area contributed by atoms with Gasteiger partial charge in [0.15, 0.2) is 0 Å². The Morgan fingerprint density at radius 1 is 1.39 bits per heavy atom. The zero-order chi connectivity index (χ0) is 13.6. The monoisotopic (exact) mass is 274 g/mol. The second-order valence-corrected chi connectivity index (χ2v) is 5.49. The second kappa shape index (κ2) is 6.50. The molecule has 0 aliphatic rings. The van der Waals surface area contributed by atoms with Gasteiger partial charge in [0.25, 0.3) is 0 Å². The summed E-state index contributed by atoms with van der Waals surface area (Å²) in [7, 11) is -1.98. The van der Waals surface area contributed by atoms with Crippen molar-refractivity contribution in [2.24, 2.45) is 0 Å². The van der Waals surface area contributed by atoms with Gasteiger partial charge in [0.1, 0.15) is 0 Å². The van der Waals surface area contributed by atoms with Crippen LogP contribution in [0.1, 0.15) is 12.6 Å². The van der Waals surface area contributed by atoms with Crippen LogP contribution in [0.5, 0.6) is 5.88 Å². The lowest BCUT2D eigenvalue weighted by molar-refractivity contribution is 0.397. The molecule has 0 unspecified atom stereocenters. The molecule has 1 aromatic heterocycles. The zero-order valence-corrected chi connectivity index (χ0v) is 11.5. The van der Waals surface area contributed by atoms with Gasteiger partial charge in [-0.25, -0.2) is 13.4 Å². The third-order valence-electron chi connectivity index (χ3n) is 2.08. The summed E-state index contributed by atoms with van der Waals surface area (Å²) >= 11 is 0. The molecule has 0 spiro atoms. The largest absolute Gasteiger partial charge is 0.481 e. The highest BCUT2D eigenvalue weighted by molar-refractivity contribution is 7.92. The van der Waals surface area contributed by atoms with Gasteiger partial charge in [0.05, 0.1) is 12.9 Å². The summed E-state index contributed by atoms with van der Waals surface area (Å²) in [5, 5.41) is 2.94. The maximum absolute atomic E-state index is 11.7. The number of nitrogens with one attached hydrogen (secondary N) is 2. The Morgan fingerprint density at radius 3 is 2.72 bits per heavy atom. The maximum Gasteiger partial charge on any atom is 0.240 e. The van der Waals surface area contributed by atoms with E-state index in [0.717, 1.165) is 6.54 Å². The smallest absolute Gasteiger partial charge is 0.240 e. The molecule has 0 radical (unpaired) electrons. The summed E-state index contributed by atoms with van der Waals surface area (Å²) in [5.41, 5.74) is 0.631. The Bertz CT molecular complexity index is 490. The van der Waals surface area contributed by atoms with Gasteiger partial charge in [-0.3, -0.25) is 4.72 Å². The number of rotatable bonds is 7. The molecule has 0 fully saturated rings. The van der Waals surface area contributed by atoms with Gasteiger partial charge in [-0.2, -0.15) is 4.98 Å². The van der Waals surface area contributed by atoms with Crippen LogP contribution in [0.15, 0.2) is 6.07 Å². The maximum atomic E-state index is 11.7. The van der Waals surface area contributed by atoms with Gasteiger partial charge in [-0.05, 0) is 13.5 Å². The first-order valence-corrected chi connectivity index (χ1v) is 7.23. The molecule has 0 saturated heterocycles. The van der Waals surface area contributed by atoms with E-state index in [-0.39, 0.29) is 11.7 Å². The SMILES string of the molecule is CCNCCS(=O)(=O)Nc1nc(C)cc(OC)n1. The van der Waals surface area contributed by atoms with Crippen LogP contribution in [-0.2, 0) is 10.0 Å². The minimum absolute atomic E-state index is 0.0273. The standard InChI is InChI=1S/C10H18N4O3S/c1-4-11-5-6-18(15,16)14-10-12-8(2)7-9(13-10)17-3/h7,11H,4-6H2,1-3H3,(H,12,13,14). The van der Waals surface area contributed by atoms with Crippen LogP contribution in [-0.4, -0.2) is 44.3 Å². The first kappa shape index (κ1) is 14.7. The molecule has 0 atom stereocenters. The lowest BCUT2D eigenvalue weighted by Gasteiger charge is -2.08. The Kier molecular flexibility index (Phi) is 5.29. The predicted molar refractivity (Wildman–Crippen MR) is 69.3 cm³/mol. The van der Waals surface area contributed by atoms with Crippen molar-refractivity contribution >= 4 is 16.0 Å². The molecule has 102 valence electrons. The van der Waals surface area contributed by atoms with Crippen LogP contribution in [0.4, 0.5) is 5.95 Å². The number of nitrogens with zero attached hydrogens (tertiary/aromatic N) is 2. The van der Waals surface area contributed by atoms with E-state index in [9.17, 15) is 8.42 Å². The molecule has 7 nitrogen and oxygen atoms in total. The molecule has 1 heterocycles. The number of aromatic nitrogens is 2. The van der Waals surface area contributed by atoms with Gasteiger partial charge in [0.2, 0.25) is 21.9 Å². The Balaban J connectivity index is 2.74. The van der Waals surface area contributed by atoms with Crippen LogP contribution in [0.3, 0.4) is 0 Å². The minimum atomic E-state index is -3.44. The third kappa shape index (κ3) is 4.84. The lowest BCUT2D eigenvalue weighted by atomic mass is 10.4. The van der Waals surface area contributed by atoms with Crippen LogP contribution in [0, 0.1) is 6.92 Å². The predicted octanol–water partition coefficient (Wildman–Crippen LogP) is 0.145. The highest BCUT2D eigenvalue weighted by atomic mass is 32.2. The van der Waals surface area contributed by atoms with Crippen molar-refractivity contribution in [2.75, 3.05) is 30.7 Å². The molecular weight excluding hydrogens is 256 g/mol. The van der Waals surface area contributed by atoms with E-state index in [2.05, 4.69) is 20.0 Å². The molecule has 18 heavy (non-hydrogen) atoms. The third-order valence-corrected chi connectivity index (χ3v) is 3.32. The molecule has 1 rings (SSSR count).